The summed E-state index contributed by atoms with van der Waals surface area (Å²) in [5, 5.41) is 0. The summed E-state index contributed by atoms with van der Waals surface area (Å²) in [6, 6.07) is 14.5. The molecule has 4 amide bonds. The third kappa shape index (κ3) is 5.23. The lowest BCUT2D eigenvalue weighted by atomic mass is 10.1. The van der Waals surface area contributed by atoms with Gasteiger partial charge in [0, 0.05) is 17.9 Å². The summed E-state index contributed by atoms with van der Waals surface area (Å²) >= 11 is 1.37. The molecule has 2 aromatic rings. The van der Waals surface area contributed by atoms with Crippen molar-refractivity contribution >= 4 is 35.4 Å². The first-order valence-corrected chi connectivity index (χ1v) is 10.2. The number of carbonyl (C=O) groups is 4. The van der Waals surface area contributed by atoms with Gasteiger partial charge in [-0.15, -0.1) is 11.8 Å². The van der Waals surface area contributed by atoms with Crippen molar-refractivity contribution in [2.24, 2.45) is 0 Å². The van der Waals surface area contributed by atoms with E-state index < -0.39 is 0 Å². The van der Waals surface area contributed by atoms with Crippen molar-refractivity contribution in [2.75, 3.05) is 12.3 Å². The second-order valence-corrected chi connectivity index (χ2v) is 7.66. The van der Waals surface area contributed by atoms with Crippen molar-refractivity contribution in [1.82, 2.24) is 15.8 Å². The largest absolute Gasteiger partial charge is 0.274 e. The van der Waals surface area contributed by atoms with Gasteiger partial charge in [0.1, 0.15) is 0 Å². The molecule has 3 rings (SSSR count). The van der Waals surface area contributed by atoms with Crippen LogP contribution in [0.5, 0.6) is 0 Å². The van der Waals surface area contributed by atoms with E-state index in [1.165, 1.54) is 11.8 Å². The molecule has 0 aromatic heterocycles. The quantitative estimate of drug-likeness (QED) is 0.414. The minimum Gasteiger partial charge on any atom is -0.274 e. The zero-order valence-corrected chi connectivity index (χ0v) is 16.8. The highest BCUT2D eigenvalue weighted by Gasteiger charge is 2.34. The summed E-state index contributed by atoms with van der Waals surface area (Å²) in [5.41, 5.74) is 6.64. The van der Waals surface area contributed by atoms with Crippen LogP contribution in [0.2, 0.25) is 0 Å². The van der Waals surface area contributed by atoms with Gasteiger partial charge in [0.2, 0.25) is 11.8 Å². The maximum Gasteiger partial charge on any atom is 0.261 e. The van der Waals surface area contributed by atoms with Crippen molar-refractivity contribution in [3.63, 3.8) is 0 Å². The highest BCUT2D eigenvalue weighted by Crippen LogP contribution is 2.22. The van der Waals surface area contributed by atoms with Gasteiger partial charge in [-0.3, -0.25) is 34.9 Å². The van der Waals surface area contributed by atoms with Crippen molar-refractivity contribution in [1.29, 1.82) is 0 Å². The Bertz CT molecular complexity index is 908. The Hall–Kier alpha value is -3.13. The number of nitrogens with zero attached hydrogens (tertiary/aromatic N) is 1. The Morgan fingerprint density at radius 3 is 2.10 bits per heavy atom. The van der Waals surface area contributed by atoms with E-state index in [1.54, 1.807) is 24.3 Å². The lowest BCUT2D eigenvalue weighted by Gasteiger charge is -2.13. The van der Waals surface area contributed by atoms with Crippen LogP contribution in [0.4, 0.5) is 0 Å². The van der Waals surface area contributed by atoms with E-state index in [4.69, 9.17) is 0 Å². The molecule has 0 saturated carbocycles. The van der Waals surface area contributed by atoms with Crippen molar-refractivity contribution < 1.29 is 19.2 Å². The van der Waals surface area contributed by atoms with Gasteiger partial charge in [-0.25, -0.2) is 0 Å². The van der Waals surface area contributed by atoms with E-state index >= 15 is 0 Å². The van der Waals surface area contributed by atoms with Crippen LogP contribution in [0.15, 0.2) is 53.4 Å². The number of hydrazine groups is 1. The highest BCUT2D eigenvalue weighted by atomic mass is 32.2. The van der Waals surface area contributed by atoms with Crippen molar-refractivity contribution in [3.8, 4) is 0 Å². The summed E-state index contributed by atoms with van der Waals surface area (Å²) in [6.07, 6.45) is 0.393. The molecule has 2 N–H and O–H groups in total. The molecule has 1 aliphatic rings. The van der Waals surface area contributed by atoms with Gasteiger partial charge in [0.25, 0.3) is 11.8 Å². The lowest BCUT2D eigenvalue weighted by molar-refractivity contribution is -0.127. The van der Waals surface area contributed by atoms with Crippen LogP contribution in [0.1, 0.15) is 39.1 Å². The molecule has 1 aliphatic heterocycles. The Kier molecular flexibility index (Phi) is 6.66. The van der Waals surface area contributed by atoms with E-state index in [9.17, 15) is 19.2 Å². The van der Waals surface area contributed by atoms with Gasteiger partial charge in [0.05, 0.1) is 16.9 Å². The first kappa shape index (κ1) is 20.6. The van der Waals surface area contributed by atoms with E-state index in [1.807, 2.05) is 31.2 Å². The Balaban J connectivity index is 1.35. The maximum absolute atomic E-state index is 12.3. The minimum atomic E-state index is -0.379. The van der Waals surface area contributed by atoms with Gasteiger partial charge in [-0.2, -0.15) is 0 Å². The first-order chi connectivity index (χ1) is 14.0. The fourth-order valence-corrected chi connectivity index (χ4v) is 3.56. The fourth-order valence-electron chi connectivity index (χ4n) is 2.86. The Labute approximate surface area is 172 Å². The molecule has 0 unspecified atom stereocenters. The second kappa shape index (κ2) is 9.38. The van der Waals surface area contributed by atoms with Crippen LogP contribution in [0.3, 0.4) is 0 Å². The number of hydrogen-bond acceptors (Lipinski definition) is 5. The first-order valence-electron chi connectivity index (χ1n) is 9.18. The maximum atomic E-state index is 12.3. The number of imide groups is 1. The smallest absolute Gasteiger partial charge is 0.261 e. The zero-order chi connectivity index (χ0) is 20.8. The molecule has 0 radical (unpaired) electrons. The number of benzene rings is 2. The predicted octanol–water partition coefficient (Wildman–Crippen LogP) is 2.31. The molecule has 150 valence electrons. The highest BCUT2D eigenvalue weighted by molar-refractivity contribution is 8.00. The average molecular weight is 411 g/mol. The van der Waals surface area contributed by atoms with Crippen LogP contribution in [-0.2, 0) is 9.59 Å². The van der Waals surface area contributed by atoms with Crippen LogP contribution >= 0.6 is 11.8 Å². The molecular weight excluding hydrogens is 390 g/mol. The summed E-state index contributed by atoms with van der Waals surface area (Å²) in [7, 11) is 0. The Morgan fingerprint density at radius 2 is 1.48 bits per heavy atom. The van der Waals surface area contributed by atoms with E-state index in [0.29, 0.717) is 17.5 Å². The van der Waals surface area contributed by atoms with Gasteiger partial charge >= 0.3 is 0 Å². The molecule has 0 fully saturated rings. The molecule has 0 saturated heterocycles. The third-order valence-electron chi connectivity index (χ3n) is 4.40. The fraction of sp³-hybridized carbons (Fsp3) is 0.238. The number of fused-ring (bicyclic) bond motifs is 1. The van der Waals surface area contributed by atoms with Crippen LogP contribution in [0, 0.1) is 6.92 Å². The normalized spacial score (nSPS) is 12.7. The summed E-state index contributed by atoms with van der Waals surface area (Å²) in [5.74, 6) is -1.20. The standard InChI is InChI=1S/C21H21N3O4S/c1-14-8-10-15(11-9-14)29-13-19(26)23-22-18(25)7-4-12-24-20(27)16-5-2-3-6-17(16)21(24)28/h2-3,5-6,8-11H,4,7,12-13H2,1H3,(H,22,25)(H,23,26). The molecule has 7 nitrogen and oxygen atoms in total. The molecular formula is C21H21N3O4S. The molecule has 0 spiro atoms. The number of nitrogens with one attached hydrogen (secondary N) is 2. The average Bonchev–Trinajstić information content (AvgIpc) is 2.97. The summed E-state index contributed by atoms with van der Waals surface area (Å²) in [4.78, 5) is 50.4. The van der Waals surface area contributed by atoms with E-state index in [-0.39, 0.29) is 42.3 Å². The monoisotopic (exact) mass is 411 g/mol. The summed E-state index contributed by atoms with van der Waals surface area (Å²) < 4.78 is 0. The molecule has 1 heterocycles. The molecule has 2 aromatic carbocycles. The molecule has 8 heteroatoms. The number of rotatable bonds is 7. The van der Waals surface area contributed by atoms with Gasteiger partial charge in [0.15, 0.2) is 0 Å². The number of hydrogen-bond donors (Lipinski definition) is 2. The van der Waals surface area contributed by atoms with Crippen LogP contribution < -0.4 is 10.9 Å². The minimum absolute atomic E-state index is 0.0821. The predicted molar refractivity (Wildman–Crippen MR) is 109 cm³/mol. The molecule has 29 heavy (non-hydrogen) atoms. The second-order valence-electron chi connectivity index (χ2n) is 6.61. The zero-order valence-electron chi connectivity index (χ0n) is 15.9. The Morgan fingerprint density at radius 1 is 0.897 bits per heavy atom. The summed E-state index contributed by atoms with van der Waals surface area (Å²) in [6.45, 7) is 2.14. The molecule has 0 aliphatic carbocycles. The third-order valence-corrected chi connectivity index (χ3v) is 5.41. The molecule has 0 bridgehead atoms. The van der Waals surface area contributed by atoms with Crippen LogP contribution in [-0.4, -0.2) is 40.8 Å². The van der Waals surface area contributed by atoms with Crippen LogP contribution in [0.25, 0.3) is 0 Å². The van der Waals surface area contributed by atoms with Gasteiger partial charge in [-0.05, 0) is 37.6 Å². The molecule has 0 atom stereocenters. The topological polar surface area (TPSA) is 95.6 Å². The van der Waals surface area contributed by atoms with Crippen molar-refractivity contribution in [3.05, 3.63) is 65.2 Å². The van der Waals surface area contributed by atoms with Gasteiger partial charge in [-0.1, -0.05) is 29.8 Å². The lowest BCUT2D eigenvalue weighted by Crippen LogP contribution is -2.42. The number of aryl methyl sites for hydroxylation is 1. The van der Waals surface area contributed by atoms with E-state index in [0.717, 1.165) is 15.4 Å². The number of thioether (sulfide) groups is 1. The van der Waals surface area contributed by atoms with E-state index in [2.05, 4.69) is 10.9 Å². The number of amides is 4. The van der Waals surface area contributed by atoms with Gasteiger partial charge < -0.3 is 0 Å². The van der Waals surface area contributed by atoms with Crippen molar-refractivity contribution in [2.45, 2.75) is 24.7 Å². The SMILES string of the molecule is Cc1ccc(SCC(=O)NNC(=O)CCCN2C(=O)c3ccccc3C2=O)cc1. The number of carbonyl (C=O) groups excluding carboxylic acids is 4.